The molecule has 2 saturated heterocycles. The van der Waals surface area contributed by atoms with Crippen LogP contribution >= 0.6 is 0 Å². The molecule has 2 fully saturated rings. The Kier molecular flexibility index (Phi) is 3.44. The Balaban J connectivity index is 1.56. The van der Waals surface area contributed by atoms with E-state index in [1.807, 2.05) is 18.2 Å². The number of rotatable bonds is 2. The van der Waals surface area contributed by atoms with Crippen LogP contribution in [0.3, 0.4) is 0 Å². The molecule has 1 N–H and O–H groups in total. The van der Waals surface area contributed by atoms with Crippen LogP contribution < -0.4 is 10.2 Å². The van der Waals surface area contributed by atoms with Gasteiger partial charge in [-0.25, -0.2) is 9.97 Å². The van der Waals surface area contributed by atoms with Crippen molar-refractivity contribution in [2.45, 2.75) is 30.7 Å². The number of nitrogens with zero attached hydrogens (tertiary/aromatic N) is 4. The normalized spacial score (nSPS) is 23.0. The van der Waals surface area contributed by atoms with Crippen molar-refractivity contribution in [1.29, 1.82) is 0 Å². The molecule has 0 saturated carbocycles. The van der Waals surface area contributed by atoms with Crippen LogP contribution in [-0.2, 0) is 4.79 Å². The Bertz CT molecular complexity index is 683. The molecule has 0 unspecified atom stereocenters. The fraction of sp³-hybridized carbons (Fsp3) is 0.412. The van der Waals surface area contributed by atoms with Crippen molar-refractivity contribution in [3.63, 3.8) is 0 Å². The summed E-state index contributed by atoms with van der Waals surface area (Å²) in [5.41, 5.74) is 1.05. The van der Waals surface area contributed by atoms with Crippen LogP contribution in [0.2, 0.25) is 0 Å². The zero-order chi connectivity index (χ0) is 15.7. The van der Waals surface area contributed by atoms with Crippen molar-refractivity contribution in [1.82, 2.24) is 20.3 Å². The molecule has 0 aliphatic carbocycles. The molecule has 1 amide bonds. The Labute approximate surface area is 135 Å². The lowest BCUT2D eigenvalue weighted by atomic mass is 9.74. The van der Waals surface area contributed by atoms with E-state index < -0.39 is 0 Å². The van der Waals surface area contributed by atoms with Gasteiger partial charge in [0, 0.05) is 50.2 Å². The molecule has 6 heteroatoms. The third-order valence-electron chi connectivity index (χ3n) is 5.04. The molecule has 1 spiro atoms. The Morgan fingerprint density at radius 2 is 1.78 bits per heavy atom. The quantitative estimate of drug-likeness (QED) is 0.910. The lowest BCUT2D eigenvalue weighted by molar-refractivity contribution is -0.119. The van der Waals surface area contributed by atoms with Crippen molar-refractivity contribution in [2.75, 3.05) is 18.0 Å². The summed E-state index contributed by atoms with van der Waals surface area (Å²) in [5, 5.41) is 3.26. The first kappa shape index (κ1) is 14.1. The van der Waals surface area contributed by atoms with E-state index in [4.69, 9.17) is 0 Å². The van der Waals surface area contributed by atoms with Crippen molar-refractivity contribution in [2.24, 2.45) is 0 Å². The number of piperidine rings is 1. The van der Waals surface area contributed by atoms with E-state index in [-0.39, 0.29) is 17.4 Å². The summed E-state index contributed by atoms with van der Waals surface area (Å²) in [6, 6.07) is 5.88. The summed E-state index contributed by atoms with van der Waals surface area (Å²) >= 11 is 0. The van der Waals surface area contributed by atoms with E-state index in [1.54, 1.807) is 24.8 Å². The molecule has 2 aromatic heterocycles. The Morgan fingerprint density at radius 3 is 2.48 bits per heavy atom. The molecule has 0 radical (unpaired) electrons. The van der Waals surface area contributed by atoms with Crippen molar-refractivity contribution < 1.29 is 4.79 Å². The van der Waals surface area contributed by atoms with Crippen molar-refractivity contribution in [3.8, 4) is 0 Å². The van der Waals surface area contributed by atoms with Crippen LogP contribution in [0.5, 0.6) is 0 Å². The van der Waals surface area contributed by atoms with Crippen molar-refractivity contribution in [3.05, 3.63) is 48.5 Å². The van der Waals surface area contributed by atoms with E-state index in [0.717, 1.165) is 31.9 Å². The van der Waals surface area contributed by atoms with E-state index in [1.165, 1.54) is 5.56 Å². The summed E-state index contributed by atoms with van der Waals surface area (Å²) < 4.78 is 0. The number of amides is 1. The number of carbonyl (C=O) groups is 1. The summed E-state index contributed by atoms with van der Waals surface area (Å²) in [4.78, 5) is 27.0. The van der Waals surface area contributed by atoms with Crippen LogP contribution in [-0.4, -0.2) is 39.5 Å². The van der Waals surface area contributed by atoms with Crippen LogP contribution in [0.1, 0.15) is 30.7 Å². The average molecular weight is 309 g/mol. The second-order valence-electron chi connectivity index (χ2n) is 6.28. The highest BCUT2D eigenvalue weighted by atomic mass is 16.2. The van der Waals surface area contributed by atoms with Gasteiger partial charge in [0.05, 0.1) is 5.54 Å². The van der Waals surface area contributed by atoms with Gasteiger partial charge in [-0.1, -0.05) is 0 Å². The number of hydrogen-bond acceptors (Lipinski definition) is 5. The van der Waals surface area contributed by atoms with Crippen LogP contribution in [0.25, 0.3) is 0 Å². The average Bonchev–Trinajstić information content (AvgIpc) is 2.93. The molecular weight excluding hydrogens is 290 g/mol. The van der Waals surface area contributed by atoms with Gasteiger partial charge in [0.1, 0.15) is 0 Å². The molecule has 4 heterocycles. The fourth-order valence-electron chi connectivity index (χ4n) is 3.86. The standard InChI is InChI=1S/C17H19N5O/c23-15-12-14(13-2-8-18-9-3-13)17(21-15)4-10-22(11-5-17)16-19-6-1-7-20-16/h1-3,6-9,14H,4-5,10-12H2,(H,21,23)/t14-/m0/s1. The highest BCUT2D eigenvalue weighted by molar-refractivity contribution is 5.81. The van der Waals surface area contributed by atoms with Crippen LogP contribution in [0.4, 0.5) is 5.95 Å². The van der Waals surface area contributed by atoms with Crippen molar-refractivity contribution >= 4 is 11.9 Å². The van der Waals surface area contributed by atoms with Crippen LogP contribution in [0, 0.1) is 0 Å². The molecule has 0 bridgehead atoms. The fourth-order valence-corrected chi connectivity index (χ4v) is 3.86. The van der Waals surface area contributed by atoms with Gasteiger partial charge in [0.15, 0.2) is 0 Å². The number of hydrogen-bond donors (Lipinski definition) is 1. The maximum Gasteiger partial charge on any atom is 0.225 e. The van der Waals surface area contributed by atoms with E-state index in [0.29, 0.717) is 6.42 Å². The van der Waals surface area contributed by atoms with Crippen LogP contribution in [0.15, 0.2) is 43.0 Å². The molecule has 2 aromatic rings. The van der Waals surface area contributed by atoms with Gasteiger partial charge in [-0.3, -0.25) is 9.78 Å². The zero-order valence-corrected chi connectivity index (χ0v) is 12.9. The summed E-state index contributed by atoms with van der Waals surface area (Å²) in [6.45, 7) is 1.71. The van der Waals surface area contributed by atoms with Gasteiger partial charge in [-0.2, -0.15) is 0 Å². The highest BCUT2D eigenvalue weighted by Gasteiger charge is 2.48. The molecule has 118 valence electrons. The van der Waals surface area contributed by atoms with Gasteiger partial charge >= 0.3 is 0 Å². The Hall–Kier alpha value is -2.50. The van der Waals surface area contributed by atoms with Gasteiger partial charge in [0.2, 0.25) is 11.9 Å². The smallest absolute Gasteiger partial charge is 0.225 e. The molecule has 1 atom stereocenters. The van der Waals surface area contributed by atoms with Gasteiger partial charge in [-0.15, -0.1) is 0 Å². The first-order valence-corrected chi connectivity index (χ1v) is 8.00. The zero-order valence-electron chi connectivity index (χ0n) is 12.9. The van der Waals surface area contributed by atoms with Gasteiger partial charge in [-0.05, 0) is 36.6 Å². The summed E-state index contributed by atoms with van der Waals surface area (Å²) in [5.74, 6) is 1.14. The Morgan fingerprint density at radius 1 is 1.09 bits per heavy atom. The lowest BCUT2D eigenvalue weighted by Crippen LogP contribution is -2.53. The molecule has 4 rings (SSSR count). The molecular formula is C17H19N5O. The summed E-state index contributed by atoms with van der Waals surface area (Å²) in [6.07, 6.45) is 9.52. The number of nitrogens with one attached hydrogen (secondary N) is 1. The maximum absolute atomic E-state index is 12.1. The largest absolute Gasteiger partial charge is 0.350 e. The van der Waals surface area contributed by atoms with E-state index >= 15 is 0 Å². The maximum atomic E-state index is 12.1. The molecule has 23 heavy (non-hydrogen) atoms. The van der Waals surface area contributed by atoms with E-state index in [9.17, 15) is 4.79 Å². The second-order valence-corrected chi connectivity index (χ2v) is 6.28. The summed E-state index contributed by atoms with van der Waals surface area (Å²) in [7, 11) is 0. The highest BCUT2D eigenvalue weighted by Crippen LogP contribution is 2.43. The lowest BCUT2D eigenvalue weighted by Gasteiger charge is -2.42. The number of aromatic nitrogens is 3. The predicted molar refractivity (Wildman–Crippen MR) is 85.9 cm³/mol. The molecule has 6 nitrogen and oxygen atoms in total. The topological polar surface area (TPSA) is 71.0 Å². The monoisotopic (exact) mass is 309 g/mol. The minimum atomic E-state index is -0.149. The number of carbonyl (C=O) groups excluding carboxylic acids is 1. The molecule has 2 aliphatic heterocycles. The second kappa shape index (κ2) is 5.61. The minimum Gasteiger partial charge on any atom is -0.350 e. The van der Waals surface area contributed by atoms with Gasteiger partial charge in [0.25, 0.3) is 0 Å². The predicted octanol–water partition coefficient (Wildman–Crippen LogP) is 1.51. The number of anilines is 1. The minimum absolute atomic E-state index is 0.149. The third kappa shape index (κ3) is 2.54. The van der Waals surface area contributed by atoms with Gasteiger partial charge < -0.3 is 10.2 Å². The first-order valence-electron chi connectivity index (χ1n) is 8.00. The third-order valence-corrected chi connectivity index (χ3v) is 5.04. The SMILES string of the molecule is O=C1C[C@@H](c2ccncc2)C2(CCN(c3ncccn3)CC2)N1. The number of pyridine rings is 1. The molecule has 0 aromatic carbocycles. The molecule has 2 aliphatic rings. The van der Waals surface area contributed by atoms with E-state index in [2.05, 4.69) is 25.2 Å². The first-order chi connectivity index (χ1) is 11.3.